The van der Waals surface area contributed by atoms with Crippen molar-refractivity contribution in [2.24, 2.45) is 0 Å². The predicted molar refractivity (Wildman–Crippen MR) is 151 cm³/mol. The van der Waals surface area contributed by atoms with Crippen LogP contribution in [0.25, 0.3) is 5.76 Å². The fourth-order valence-electron chi connectivity index (χ4n) is 4.56. The van der Waals surface area contributed by atoms with Crippen LogP contribution in [0.15, 0.2) is 76.6 Å². The van der Waals surface area contributed by atoms with Crippen LogP contribution in [-0.2, 0) is 15.3 Å². The summed E-state index contributed by atoms with van der Waals surface area (Å²) in [5.41, 5.74) is 1.68. The van der Waals surface area contributed by atoms with E-state index in [9.17, 15) is 19.1 Å². The molecule has 1 aromatic heterocycles. The number of aromatic nitrogens is 2. The number of ketones is 1. The minimum Gasteiger partial charge on any atom is -0.507 e. The van der Waals surface area contributed by atoms with Gasteiger partial charge in [-0.25, -0.2) is 4.39 Å². The average Bonchev–Trinajstić information content (AvgIpc) is 3.58. The number of fused-ring (bicyclic) bond motifs is 1. The Bertz CT molecular complexity index is 1660. The molecule has 1 unspecified atom stereocenters. The number of benzene rings is 3. The number of carbonyl (C=O) groups is 2. The number of amides is 1. The number of halogens is 1. The van der Waals surface area contributed by atoms with E-state index in [-0.39, 0.29) is 22.3 Å². The minimum atomic E-state index is -0.975. The van der Waals surface area contributed by atoms with Crippen molar-refractivity contribution in [3.05, 3.63) is 94.8 Å². The number of aliphatic hydroxyl groups is 1. The van der Waals surface area contributed by atoms with Gasteiger partial charge in [0, 0.05) is 11.3 Å². The highest BCUT2D eigenvalue weighted by atomic mass is 32.2. The van der Waals surface area contributed by atoms with Crippen LogP contribution in [-0.4, -0.2) is 47.3 Å². The third kappa shape index (κ3) is 5.23. The van der Waals surface area contributed by atoms with Gasteiger partial charge < -0.3 is 19.3 Å². The van der Waals surface area contributed by atoms with Crippen molar-refractivity contribution in [1.82, 2.24) is 10.2 Å². The molecule has 1 amide bonds. The SMILES string of the molecule is COc1ccc(C2C(=C(O)c3ccc4c(c3)OCCO4)C(=O)C(=O)N2c2nnc(SCc3ccc(F)cc3)s2)cc1. The molecule has 1 atom stereocenters. The zero-order valence-electron chi connectivity index (χ0n) is 21.6. The van der Waals surface area contributed by atoms with Gasteiger partial charge in [0.05, 0.1) is 18.7 Å². The van der Waals surface area contributed by atoms with E-state index >= 15 is 0 Å². The Hall–Kier alpha value is -4.42. The lowest BCUT2D eigenvalue weighted by molar-refractivity contribution is -0.132. The summed E-state index contributed by atoms with van der Waals surface area (Å²) in [6.07, 6.45) is 0. The third-order valence-electron chi connectivity index (χ3n) is 6.57. The zero-order chi connectivity index (χ0) is 28.5. The van der Waals surface area contributed by atoms with Crippen molar-refractivity contribution in [2.75, 3.05) is 25.2 Å². The molecule has 6 rings (SSSR count). The molecule has 1 saturated heterocycles. The van der Waals surface area contributed by atoms with E-state index in [0.29, 0.717) is 51.7 Å². The van der Waals surface area contributed by atoms with E-state index < -0.39 is 17.7 Å². The molecule has 12 heteroatoms. The number of nitrogens with zero attached hydrogens (tertiary/aromatic N) is 3. The quantitative estimate of drug-likeness (QED) is 0.0996. The summed E-state index contributed by atoms with van der Waals surface area (Å²) < 4.78 is 30.3. The molecule has 1 fully saturated rings. The van der Waals surface area contributed by atoms with Crippen LogP contribution in [0.1, 0.15) is 22.7 Å². The Morgan fingerprint density at radius 3 is 2.51 bits per heavy atom. The number of Topliss-reactive ketones (excluding diaryl/α,β-unsaturated/α-hetero) is 1. The maximum atomic E-state index is 13.5. The van der Waals surface area contributed by atoms with Crippen molar-refractivity contribution in [1.29, 1.82) is 0 Å². The van der Waals surface area contributed by atoms with E-state index in [1.54, 1.807) is 54.6 Å². The summed E-state index contributed by atoms with van der Waals surface area (Å²) in [5.74, 6) is -0.291. The first kappa shape index (κ1) is 26.8. The van der Waals surface area contributed by atoms with Gasteiger partial charge in [-0.05, 0) is 53.6 Å². The Kier molecular flexibility index (Phi) is 7.33. The minimum absolute atomic E-state index is 0.0902. The van der Waals surface area contributed by atoms with Crippen LogP contribution in [0.5, 0.6) is 17.2 Å². The molecule has 2 aliphatic heterocycles. The zero-order valence-corrected chi connectivity index (χ0v) is 23.2. The van der Waals surface area contributed by atoms with E-state index in [4.69, 9.17) is 14.2 Å². The summed E-state index contributed by atoms with van der Waals surface area (Å²) >= 11 is 2.52. The van der Waals surface area contributed by atoms with Crippen molar-refractivity contribution in [3.8, 4) is 17.2 Å². The molecule has 3 heterocycles. The summed E-state index contributed by atoms with van der Waals surface area (Å²) in [4.78, 5) is 28.2. The highest BCUT2D eigenvalue weighted by molar-refractivity contribution is 8.00. The van der Waals surface area contributed by atoms with Gasteiger partial charge in [0.15, 0.2) is 15.8 Å². The molecular formula is C29H22FN3O6S2. The van der Waals surface area contributed by atoms with Gasteiger partial charge in [-0.2, -0.15) is 0 Å². The van der Waals surface area contributed by atoms with Gasteiger partial charge in [0.1, 0.15) is 30.5 Å². The van der Waals surface area contributed by atoms with Gasteiger partial charge in [-0.15, -0.1) is 10.2 Å². The van der Waals surface area contributed by atoms with Gasteiger partial charge in [0.25, 0.3) is 5.78 Å². The first-order valence-electron chi connectivity index (χ1n) is 12.5. The molecule has 0 radical (unpaired) electrons. The third-order valence-corrected chi connectivity index (χ3v) is 8.70. The maximum absolute atomic E-state index is 13.5. The van der Waals surface area contributed by atoms with E-state index in [1.165, 1.54) is 35.9 Å². The topological polar surface area (TPSA) is 111 Å². The Morgan fingerprint density at radius 1 is 1.05 bits per heavy atom. The average molecular weight is 592 g/mol. The lowest BCUT2D eigenvalue weighted by Gasteiger charge is -2.23. The molecule has 4 aromatic rings. The fraction of sp³-hybridized carbons (Fsp3) is 0.172. The molecule has 0 spiro atoms. The number of carbonyl (C=O) groups excluding carboxylic acids is 2. The van der Waals surface area contributed by atoms with Crippen molar-refractivity contribution in [3.63, 3.8) is 0 Å². The number of rotatable bonds is 7. The van der Waals surface area contributed by atoms with Crippen molar-refractivity contribution >= 4 is 45.7 Å². The second-order valence-electron chi connectivity index (χ2n) is 9.07. The molecule has 3 aromatic carbocycles. The monoisotopic (exact) mass is 591 g/mol. The fourth-order valence-corrected chi connectivity index (χ4v) is 6.38. The molecule has 208 valence electrons. The van der Waals surface area contributed by atoms with Crippen molar-refractivity contribution in [2.45, 2.75) is 16.1 Å². The van der Waals surface area contributed by atoms with Crippen LogP contribution in [0, 0.1) is 5.82 Å². The lowest BCUT2D eigenvalue weighted by atomic mass is 9.95. The number of methoxy groups -OCH3 is 1. The van der Waals surface area contributed by atoms with Crippen LogP contribution < -0.4 is 19.1 Å². The number of hydrogen-bond acceptors (Lipinski definition) is 10. The van der Waals surface area contributed by atoms with Gasteiger partial charge in [0.2, 0.25) is 5.13 Å². The van der Waals surface area contributed by atoms with Gasteiger partial charge >= 0.3 is 5.91 Å². The number of ether oxygens (including phenoxy) is 3. The maximum Gasteiger partial charge on any atom is 0.301 e. The molecule has 0 bridgehead atoms. The first-order chi connectivity index (χ1) is 19.9. The molecule has 0 aliphatic carbocycles. The van der Waals surface area contributed by atoms with Gasteiger partial charge in [-0.1, -0.05) is 47.4 Å². The number of thioether (sulfide) groups is 1. The van der Waals surface area contributed by atoms with E-state index in [2.05, 4.69) is 10.2 Å². The largest absolute Gasteiger partial charge is 0.507 e. The predicted octanol–water partition coefficient (Wildman–Crippen LogP) is 5.38. The number of hydrogen-bond donors (Lipinski definition) is 1. The number of anilines is 1. The highest BCUT2D eigenvalue weighted by Gasteiger charge is 2.48. The summed E-state index contributed by atoms with van der Waals surface area (Å²) in [6.45, 7) is 0.763. The van der Waals surface area contributed by atoms with E-state index in [0.717, 1.165) is 16.9 Å². The van der Waals surface area contributed by atoms with Crippen LogP contribution >= 0.6 is 23.1 Å². The lowest BCUT2D eigenvalue weighted by Crippen LogP contribution is -2.29. The smallest absolute Gasteiger partial charge is 0.301 e. The molecule has 0 saturated carbocycles. The van der Waals surface area contributed by atoms with Gasteiger partial charge in [-0.3, -0.25) is 14.5 Å². The van der Waals surface area contributed by atoms with Crippen LogP contribution in [0.2, 0.25) is 0 Å². The molecular weight excluding hydrogens is 569 g/mol. The molecule has 9 nitrogen and oxygen atoms in total. The normalized spacial score (nSPS) is 17.6. The first-order valence-corrected chi connectivity index (χ1v) is 14.3. The summed E-state index contributed by atoms with van der Waals surface area (Å²) in [6, 6.07) is 16.9. The summed E-state index contributed by atoms with van der Waals surface area (Å²) in [5, 5.41) is 20.1. The van der Waals surface area contributed by atoms with Crippen molar-refractivity contribution < 1.29 is 33.3 Å². The van der Waals surface area contributed by atoms with Crippen LogP contribution in [0.3, 0.4) is 0 Å². The standard InChI is InChI=1S/C29H22FN3O6S2/c1-37-20-9-4-17(5-10-20)24-23(25(34)18-6-11-21-22(14-18)39-13-12-38-21)26(35)27(36)33(24)28-31-32-29(41-28)40-15-16-2-7-19(30)8-3-16/h2-11,14,24,34H,12-13,15H2,1H3. The highest BCUT2D eigenvalue weighted by Crippen LogP contribution is 2.45. The number of aliphatic hydroxyl groups excluding tert-OH is 1. The van der Waals surface area contributed by atoms with E-state index in [1.807, 2.05) is 0 Å². The molecule has 41 heavy (non-hydrogen) atoms. The molecule has 1 N–H and O–H groups in total. The molecule has 2 aliphatic rings. The Balaban J connectivity index is 1.38. The Morgan fingerprint density at radius 2 is 1.78 bits per heavy atom. The second-order valence-corrected chi connectivity index (χ2v) is 11.2. The summed E-state index contributed by atoms with van der Waals surface area (Å²) in [7, 11) is 1.54. The Labute approximate surface area is 242 Å². The second kappa shape index (κ2) is 11.2. The van der Waals surface area contributed by atoms with Crippen LogP contribution in [0.4, 0.5) is 9.52 Å².